The van der Waals surface area contributed by atoms with Crippen LogP contribution in [0.3, 0.4) is 0 Å². The third kappa shape index (κ3) is 2.88. The lowest BCUT2D eigenvalue weighted by atomic mass is 10.0. The molecule has 1 aliphatic rings. The van der Waals surface area contributed by atoms with Crippen LogP contribution in [0.25, 0.3) is 0 Å². The van der Waals surface area contributed by atoms with Gasteiger partial charge in [0.25, 0.3) is 5.69 Å². The fraction of sp³-hybridized carbons (Fsp3) is 0.500. The maximum absolute atomic E-state index is 10.7. The van der Waals surface area contributed by atoms with E-state index in [9.17, 15) is 25.4 Å². The van der Waals surface area contributed by atoms with Gasteiger partial charge in [-0.05, 0) is 12.5 Å². The molecule has 1 aromatic rings. The summed E-state index contributed by atoms with van der Waals surface area (Å²) in [5.41, 5.74) is 1.06. The number of rotatable bonds is 3. The van der Waals surface area contributed by atoms with Crippen LogP contribution in [0.1, 0.15) is 5.56 Å². The van der Waals surface area contributed by atoms with Gasteiger partial charge in [0.15, 0.2) is 6.23 Å². The summed E-state index contributed by atoms with van der Waals surface area (Å²) in [4.78, 5) is 10.2. The molecule has 4 N–H and O–H groups in total. The molecule has 0 aliphatic carbocycles. The lowest BCUT2D eigenvalue weighted by molar-refractivity contribution is -0.384. The van der Waals surface area contributed by atoms with E-state index in [4.69, 9.17) is 4.74 Å². The van der Waals surface area contributed by atoms with Crippen LogP contribution < -0.4 is 5.32 Å². The Hall–Kier alpha value is -1.74. The van der Waals surface area contributed by atoms with E-state index < -0.39 is 29.5 Å². The molecule has 0 amide bonds. The lowest BCUT2D eigenvalue weighted by Crippen LogP contribution is -2.55. The average Bonchev–Trinajstić information content (AvgIpc) is 2.41. The summed E-state index contributed by atoms with van der Waals surface area (Å²) in [6, 6.07) is 4.26. The second-order valence-electron chi connectivity index (χ2n) is 4.70. The minimum Gasteiger partial charge on any atom is -0.388 e. The van der Waals surface area contributed by atoms with Crippen LogP contribution in [0.4, 0.5) is 11.4 Å². The molecule has 110 valence electrons. The molecule has 8 nitrogen and oxygen atoms in total. The molecule has 0 saturated carbocycles. The first-order valence-electron chi connectivity index (χ1n) is 6.07. The molecule has 0 bridgehead atoms. The van der Waals surface area contributed by atoms with Gasteiger partial charge in [0.2, 0.25) is 0 Å². The Bertz CT molecular complexity index is 509. The topological polar surface area (TPSA) is 125 Å². The van der Waals surface area contributed by atoms with Gasteiger partial charge in [-0.3, -0.25) is 10.1 Å². The number of ether oxygens (including phenoxy) is 1. The standard InChI is InChI=1S/C12H16N2O6/c1-6-2-3-7(14(18)19)4-8(6)13-12-11(17)10(16)9(15)5-20-12/h2-4,9-13,15-17H,5H2,1H3/t9-,10+,11+,12+/m0/s1. The highest BCUT2D eigenvalue weighted by molar-refractivity contribution is 5.57. The van der Waals surface area contributed by atoms with E-state index in [0.29, 0.717) is 5.69 Å². The Morgan fingerprint density at radius 2 is 2.05 bits per heavy atom. The van der Waals surface area contributed by atoms with Crippen molar-refractivity contribution in [2.75, 3.05) is 11.9 Å². The normalized spacial score (nSPS) is 30.0. The Morgan fingerprint density at radius 1 is 1.35 bits per heavy atom. The summed E-state index contributed by atoms with van der Waals surface area (Å²) in [5.74, 6) is 0. The number of aliphatic hydroxyl groups is 3. The SMILES string of the molecule is Cc1ccc([N+](=O)[O-])cc1N[C@@H]1OC[C@H](O)[C@@H](O)[C@H]1O. The molecule has 1 heterocycles. The minimum atomic E-state index is -1.34. The zero-order valence-corrected chi connectivity index (χ0v) is 10.8. The number of nitrogens with zero attached hydrogens (tertiary/aromatic N) is 1. The van der Waals surface area contributed by atoms with E-state index in [-0.39, 0.29) is 12.3 Å². The van der Waals surface area contributed by atoms with Gasteiger partial charge < -0.3 is 25.4 Å². The van der Waals surface area contributed by atoms with Gasteiger partial charge in [-0.2, -0.15) is 0 Å². The van der Waals surface area contributed by atoms with E-state index in [1.165, 1.54) is 12.1 Å². The zero-order chi connectivity index (χ0) is 14.9. The van der Waals surface area contributed by atoms with Crippen molar-refractivity contribution in [2.45, 2.75) is 31.5 Å². The van der Waals surface area contributed by atoms with Gasteiger partial charge in [-0.15, -0.1) is 0 Å². The highest BCUT2D eigenvalue weighted by atomic mass is 16.6. The zero-order valence-electron chi connectivity index (χ0n) is 10.8. The third-order valence-electron chi connectivity index (χ3n) is 3.23. The summed E-state index contributed by atoms with van der Waals surface area (Å²) in [6.07, 6.45) is -4.78. The number of benzene rings is 1. The number of nitro benzene ring substituents is 1. The number of hydrogen-bond acceptors (Lipinski definition) is 7. The number of nitro groups is 1. The van der Waals surface area contributed by atoms with Crippen molar-refractivity contribution < 1.29 is 25.0 Å². The first-order chi connectivity index (χ1) is 9.40. The van der Waals surface area contributed by atoms with E-state index in [1.807, 2.05) is 0 Å². The van der Waals surface area contributed by atoms with Crippen LogP contribution in [-0.2, 0) is 4.74 Å². The highest BCUT2D eigenvalue weighted by Gasteiger charge is 2.37. The Labute approximate surface area is 114 Å². The predicted octanol–water partition coefficient (Wildman–Crippen LogP) is -0.246. The molecule has 20 heavy (non-hydrogen) atoms. The van der Waals surface area contributed by atoms with Gasteiger partial charge in [-0.25, -0.2) is 0 Å². The van der Waals surface area contributed by atoms with Crippen LogP contribution in [0.2, 0.25) is 0 Å². The van der Waals surface area contributed by atoms with Gasteiger partial charge in [0.05, 0.1) is 11.5 Å². The monoisotopic (exact) mass is 284 g/mol. The number of nitrogens with one attached hydrogen (secondary N) is 1. The minimum absolute atomic E-state index is 0.0935. The molecule has 2 rings (SSSR count). The molecule has 1 saturated heterocycles. The Morgan fingerprint density at radius 3 is 2.70 bits per heavy atom. The molecule has 4 atom stereocenters. The molecule has 1 aromatic carbocycles. The second kappa shape index (κ2) is 5.71. The van der Waals surface area contributed by atoms with Crippen molar-refractivity contribution in [3.63, 3.8) is 0 Å². The number of aliphatic hydroxyl groups excluding tert-OH is 3. The summed E-state index contributed by atoms with van der Waals surface area (Å²) >= 11 is 0. The van der Waals surface area contributed by atoms with E-state index in [2.05, 4.69) is 5.32 Å². The molecule has 8 heteroatoms. The van der Waals surface area contributed by atoms with Crippen molar-refractivity contribution in [2.24, 2.45) is 0 Å². The number of anilines is 1. The van der Waals surface area contributed by atoms with E-state index in [1.54, 1.807) is 13.0 Å². The van der Waals surface area contributed by atoms with Crippen molar-refractivity contribution >= 4 is 11.4 Å². The van der Waals surface area contributed by atoms with Crippen molar-refractivity contribution in [3.05, 3.63) is 33.9 Å². The van der Waals surface area contributed by atoms with Crippen molar-refractivity contribution in [1.82, 2.24) is 0 Å². The predicted molar refractivity (Wildman–Crippen MR) is 69.2 cm³/mol. The summed E-state index contributed by atoms with van der Waals surface area (Å²) in [5, 5.41) is 42.3. The Balaban J connectivity index is 2.17. The first kappa shape index (κ1) is 14.7. The fourth-order valence-electron chi connectivity index (χ4n) is 1.97. The van der Waals surface area contributed by atoms with Crippen molar-refractivity contribution in [1.29, 1.82) is 0 Å². The van der Waals surface area contributed by atoms with Gasteiger partial charge in [0, 0.05) is 17.8 Å². The largest absolute Gasteiger partial charge is 0.388 e. The molecule has 0 radical (unpaired) electrons. The fourth-order valence-corrected chi connectivity index (χ4v) is 1.97. The van der Waals surface area contributed by atoms with E-state index in [0.717, 1.165) is 5.56 Å². The van der Waals surface area contributed by atoms with Crippen molar-refractivity contribution in [3.8, 4) is 0 Å². The van der Waals surface area contributed by atoms with E-state index >= 15 is 0 Å². The van der Waals surface area contributed by atoms with Crippen LogP contribution >= 0.6 is 0 Å². The summed E-state index contributed by atoms with van der Waals surface area (Å²) in [6.45, 7) is 1.61. The molecule has 0 spiro atoms. The number of non-ortho nitro benzene ring substituents is 1. The molecular weight excluding hydrogens is 268 g/mol. The average molecular weight is 284 g/mol. The number of aryl methyl sites for hydroxylation is 1. The van der Waals surface area contributed by atoms with Gasteiger partial charge in [0.1, 0.15) is 18.3 Å². The van der Waals surface area contributed by atoms with Crippen LogP contribution in [0.5, 0.6) is 0 Å². The second-order valence-corrected chi connectivity index (χ2v) is 4.70. The number of hydrogen-bond donors (Lipinski definition) is 4. The molecule has 0 aromatic heterocycles. The summed E-state index contributed by atoms with van der Waals surface area (Å²) < 4.78 is 5.19. The lowest BCUT2D eigenvalue weighted by Gasteiger charge is -2.36. The smallest absolute Gasteiger partial charge is 0.271 e. The van der Waals surface area contributed by atoms with Crippen LogP contribution in [0, 0.1) is 17.0 Å². The Kier molecular flexibility index (Phi) is 4.19. The molecule has 1 fully saturated rings. The van der Waals surface area contributed by atoms with Gasteiger partial charge in [-0.1, -0.05) is 6.07 Å². The van der Waals surface area contributed by atoms with Crippen LogP contribution in [-0.4, -0.2) is 51.4 Å². The summed E-state index contributed by atoms with van der Waals surface area (Å²) in [7, 11) is 0. The van der Waals surface area contributed by atoms with Crippen LogP contribution in [0.15, 0.2) is 18.2 Å². The highest BCUT2D eigenvalue weighted by Crippen LogP contribution is 2.25. The molecular formula is C12H16N2O6. The maximum Gasteiger partial charge on any atom is 0.271 e. The van der Waals surface area contributed by atoms with Gasteiger partial charge >= 0.3 is 0 Å². The first-order valence-corrected chi connectivity index (χ1v) is 6.07. The molecule has 1 aliphatic heterocycles. The third-order valence-corrected chi connectivity index (χ3v) is 3.23. The molecule has 0 unspecified atom stereocenters. The quantitative estimate of drug-likeness (QED) is 0.445. The maximum atomic E-state index is 10.7.